The molecule has 0 amide bonds. The summed E-state index contributed by atoms with van der Waals surface area (Å²) in [6.07, 6.45) is 0.530. The van der Waals surface area contributed by atoms with Crippen LogP contribution in [0.15, 0.2) is 24.3 Å². The molecule has 1 atom stereocenters. The number of benzene rings is 1. The van der Waals surface area contributed by atoms with Gasteiger partial charge in [-0.3, -0.25) is 4.90 Å². The van der Waals surface area contributed by atoms with Crippen LogP contribution in [0.3, 0.4) is 0 Å². The zero-order chi connectivity index (χ0) is 13.4. The second-order valence-corrected chi connectivity index (χ2v) is 4.72. The van der Waals surface area contributed by atoms with E-state index in [1.165, 1.54) is 11.1 Å². The first-order chi connectivity index (χ1) is 8.67. The number of aryl methyl sites for hydroxylation is 1. The van der Waals surface area contributed by atoms with Crippen molar-refractivity contribution in [1.29, 1.82) is 0 Å². The summed E-state index contributed by atoms with van der Waals surface area (Å²) in [5.74, 6) is 0. The number of aliphatic hydroxyl groups is 1. The van der Waals surface area contributed by atoms with Crippen LogP contribution in [0.25, 0.3) is 0 Å². The molecule has 1 unspecified atom stereocenters. The Balaban J connectivity index is 2.62. The van der Waals surface area contributed by atoms with Gasteiger partial charge in [0.1, 0.15) is 0 Å². The van der Waals surface area contributed by atoms with Crippen molar-refractivity contribution in [3.63, 3.8) is 0 Å². The van der Waals surface area contributed by atoms with E-state index in [0.717, 1.165) is 19.5 Å². The zero-order valence-corrected chi connectivity index (χ0v) is 11.7. The highest BCUT2D eigenvalue weighted by molar-refractivity contribution is 5.25. The SMILES string of the molecule is CCC(O)CN(CCOC)Cc1ccccc1C. The van der Waals surface area contributed by atoms with Crippen LogP contribution in [0.5, 0.6) is 0 Å². The molecular weight excluding hydrogens is 226 g/mol. The monoisotopic (exact) mass is 251 g/mol. The fourth-order valence-corrected chi connectivity index (χ4v) is 1.91. The molecule has 0 spiro atoms. The van der Waals surface area contributed by atoms with Crippen molar-refractivity contribution in [3.8, 4) is 0 Å². The van der Waals surface area contributed by atoms with Crippen LogP contribution >= 0.6 is 0 Å². The fourth-order valence-electron chi connectivity index (χ4n) is 1.91. The van der Waals surface area contributed by atoms with Gasteiger partial charge < -0.3 is 9.84 Å². The van der Waals surface area contributed by atoms with E-state index in [0.29, 0.717) is 13.2 Å². The summed E-state index contributed by atoms with van der Waals surface area (Å²) >= 11 is 0. The Bertz CT molecular complexity index is 341. The van der Waals surface area contributed by atoms with Gasteiger partial charge in [0.2, 0.25) is 0 Å². The van der Waals surface area contributed by atoms with Crippen molar-refractivity contribution in [2.45, 2.75) is 32.9 Å². The molecule has 0 saturated carbocycles. The van der Waals surface area contributed by atoms with Crippen LogP contribution in [0.2, 0.25) is 0 Å². The molecule has 0 saturated heterocycles. The third kappa shape index (κ3) is 5.17. The van der Waals surface area contributed by atoms with Crippen LogP contribution in [-0.4, -0.2) is 42.9 Å². The molecule has 0 aromatic heterocycles. The van der Waals surface area contributed by atoms with Crippen LogP contribution in [0, 0.1) is 6.92 Å². The average Bonchev–Trinajstić information content (AvgIpc) is 2.38. The molecule has 0 aliphatic carbocycles. The molecule has 102 valence electrons. The maximum Gasteiger partial charge on any atom is 0.0664 e. The van der Waals surface area contributed by atoms with E-state index >= 15 is 0 Å². The Kier molecular flexibility index (Phi) is 6.94. The summed E-state index contributed by atoms with van der Waals surface area (Å²) in [6, 6.07) is 8.39. The van der Waals surface area contributed by atoms with Gasteiger partial charge in [0.25, 0.3) is 0 Å². The summed E-state index contributed by atoms with van der Waals surface area (Å²) in [6.45, 7) is 7.25. The highest BCUT2D eigenvalue weighted by Gasteiger charge is 2.11. The van der Waals surface area contributed by atoms with Crippen molar-refractivity contribution in [2.24, 2.45) is 0 Å². The largest absolute Gasteiger partial charge is 0.392 e. The lowest BCUT2D eigenvalue weighted by atomic mass is 10.1. The highest BCUT2D eigenvalue weighted by Crippen LogP contribution is 2.11. The van der Waals surface area contributed by atoms with E-state index in [1.807, 2.05) is 6.92 Å². The number of ether oxygens (including phenoxy) is 1. The molecule has 18 heavy (non-hydrogen) atoms. The summed E-state index contributed by atoms with van der Waals surface area (Å²) in [5.41, 5.74) is 2.61. The third-order valence-corrected chi connectivity index (χ3v) is 3.21. The first-order valence-corrected chi connectivity index (χ1v) is 6.61. The number of rotatable bonds is 8. The van der Waals surface area contributed by atoms with Crippen molar-refractivity contribution < 1.29 is 9.84 Å². The smallest absolute Gasteiger partial charge is 0.0664 e. The van der Waals surface area contributed by atoms with Gasteiger partial charge in [-0.15, -0.1) is 0 Å². The minimum Gasteiger partial charge on any atom is -0.392 e. The van der Waals surface area contributed by atoms with Crippen molar-refractivity contribution >= 4 is 0 Å². The lowest BCUT2D eigenvalue weighted by Crippen LogP contribution is -2.34. The predicted octanol–water partition coefficient (Wildman–Crippen LogP) is 2.21. The van der Waals surface area contributed by atoms with Crippen molar-refractivity contribution in [1.82, 2.24) is 4.90 Å². The molecule has 1 aromatic rings. The molecular formula is C15H25NO2. The summed E-state index contributed by atoms with van der Waals surface area (Å²) < 4.78 is 5.13. The summed E-state index contributed by atoms with van der Waals surface area (Å²) in [7, 11) is 1.71. The van der Waals surface area contributed by atoms with E-state index in [2.05, 4.69) is 36.1 Å². The van der Waals surface area contributed by atoms with Crippen LogP contribution in [0.1, 0.15) is 24.5 Å². The quantitative estimate of drug-likeness (QED) is 0.769. The second kappa shape index (κ2) is 8.25. The molecule has 1 aromatic carbocycles. The van der Waals surface area contributed by atoms with E-state index in [-0.39, 0.29) is 6.10 Å². The number of hydrogen-bond donors (Lipinski definition) is 1. The molecule has 0 aliphatic heterocycles. The zero-order valence-electron chi connectivity index (χ0n) is 11.7. The Morgan fingerprint density at radius 3 is 2.67 bits per heavy atom. The normalized spacial score (nSPS) is 12.9. The topological polar surface area (TPSA) is 32.7 Å². The Hall–Kier alpha value is -0.900. The molecule has 1 rings (SSSR count). The lowest BCUT2D eigenvalue weighted by Gasteiger charge is -2.25. The summed E-state index contributed by atoms with van der Waals surface area (Å²) in [5, 5.41) is 9.79. The van der Waals surface area contributed by atoms with Crippen LogP contribution in [0.4, 0.5) is 0 Å². The molecule has 3 nitrogen and oxygen atoms in total. The van der Waals surface area contributed by atoms with Crippen LogP contribution < -0.4 is 0 Å². The molecule has 0 radical (unpaired) electrons. The lowest BCUT2D eigenvalue weighted by molar-refractivity contribution is 0.0829. The van der Waals surface area contributed by atoms with Gasteiger partial charge in [0, 0.05) is 26.7 Å². The number of nitrogens with zero attached hydrogens (tertiary/aromatic N) is 1. The van der Waals surface area contributed by atoms with E-state index in [4.69, 9.17) is 4.74 Å². The molecule has 1 N–H and O–H groups in total. The minimum absolute atomic E-state index is 0.258. The number of aliphatic hydroxyl groups excluding tert-OH is 1. The Morgan fingerprint density at radius 2 is 2.06 bits per heavy atom. The molecule has 3 heteroatoms. The van der Waals surface area contributed by atoms with Crippen molar-refractivity contribution in [2.75, 3.05) is 26.8 Å². The Labute approximate surface area is 110 Å². The summed E-state index contributed by atoms with van der Waals surface area (Å²) in [4.78, 5) is 2.25. The van der Waals surface area contributed by atoms with E-state index < -0.39 is 0 Å². The van der Waals surface area contributed by atoms with Crippen LogP contribution in [-0.2, 0) is 11.3 Å². The van der Waals surface area contributed by atoms with Gasteiger partial charge >= 0.3 is 0 Å². The Morgan fingerprint density at radius 1 is 1.33 bits per heavy atom. The fraction of sp³-hybridized carbons (Fsp3) is 0.600. The van der Waals surface area contributed by atoms with E-state index in [1.54, 1.807) is 7.11 Å². The number of methoxy groups -OCH3 is 1. The number of hydrogen-bond acceptors (Lipinski definition) is 3. The maximum atomic E-state index is 9.79. The molecule has 0 aliphatic rings. The van der Waals surface area contributed by atoms with Gasteiger partial charge in [0.05, 0.1) is 12.7 Å². The highest BCUT2D eigenvalue weighted by atomic mass is 16.5. The predicted molar refractivity (Wildman–Crippen MR) is 74.6 cm³/mol. The average molecular weight is 251 g/mol. The van der Waals surface area contributed by atoms with Gasteiger partial charge in [-0.25, -0.2) is 0 Å². The van der Waals surface area contributed by atoms with Gasteiger partial charge in [-0.1, -0.05) is 31.2 Å². The van der Waals surface area contributed by atoms with Gasteiger partial charge in [-0.05, 0) is 24.5 Å². The van der Waals surface area contributed by atoms with Gasteiger partial charge in [0.15, 0.2) is 0 Å². The molecule has 0 bridgehead atoms. The minimum atomic E-state index is -0.258. The first-order valence-electron chi connectivity index (χ1n) is 6.61. The first kappa shape index (κ1) is 15.2. The third-order valence-electron chi connectivity index (χ3n) is 3.21. The van der Waals surface area contributed by atoms with Crippen molar-refractivity contribution in [3.05, 3.63) is 35.4 Å². The second-order valence-electron chi connectivity index (χ2n) is 4.72. The van der Waals surface area contributed by atoms with Gasteiger partial charge in [-0.2, -0.15) is 0 Å². The molecule has 0 fully saturated rings. The maximum absolute atomic E-state index is 9.79. The van der Waals surface area contributed by atoms with E-state index in [9.17, 15) is 5.11 Å². The standard InChI is InChI=1S/C15H25NO2/c1-4-15(17)12-16(9-10-18-3)11-14-8-6-5-7-13(14)2/h5-8,15,17H,4,9-12H2,1-3H3. The molecule has 0 heterocycles.